The highest BCUT2D eigenvalue weighted by Gasteiger charge is 2.39. The predicted octanol–water partition coefficient (Wildman–Crippen LogP) is 1.37. The minimum atomic E-state index is -4.76. The van der Waals surface area contributed by atoms with Crippen molar-refractivity contribution >= 4 is 12.3 Å². The molecule has 2 N–H and O–H groups in total. The van der Waals surface area contributed by atoms with Crippen molar-refractivity contribution in [1.82, 2.24) is 20.4 Å². The number of nitrogens with zero attached hydrogens (tertiary/aromatic N) is 2. The minimum Gasteiger partial charge on any atom is -0.357 e. The van der Waals surface area contributed by atoms with Gasteiger partial charge >= 0.3 is 6.18 Å². The molecule has 0 aliphatic carbocycles. The summed E-state index contributed by atoms with van der Waals surface area (Å²) in [5.74, 6) is -0.910. The van der Waals surface area contributed by atoms with E-state index in [1.54, 1.807) is 30.3 Å². The Hall–Kier alpha value is -2.84. The van der Waals surface area contributed by atoms with Gasteiger partial charge in [-0.25, -0.2) is 4.68 Å². The van der Waals surface area contributed by atoms with Gasteiger partial charge in [-0.1, -0.05) is 18.2 Å². The van der Waals surface area contributed by atoms with Crippen LogP contribution in [0, 0.1) is 0 Å². The van der Waals surface area contributed by atoms with Crippen molar-refractivity contribution in [2.45, 2.75) is 6.18 Å². The van der Waals surface area contributed by atoms with Crippen LogP contribution < -0.4 is 10.6 Å². The fraction of sp³-hybridized carbons (Fsp3) is 0.214. The lowest BCUT2D eigenvalue weighted by Crippen LogP contribution is -2.32. The Labute approximate surface area is 129 Å². The van der Waals surface area contributed by atoms with Gasteiger partial charge in [-0.15, -0.1) is 0 Å². The molecule has 1 aromatic heterocycles. The molecule has 2 amide bonds. The fourth-order valence-corrected chi connectivity index (χ4v) is 1.86. The van der Waals surface area contributed by atoms with E-state index >= 15 is 0 Å². The second-order valence-corrected chi connectivity index (χ2v) is 4.50. The molecule has 122 valence electrons. The van der Waals surface area contributed by atoms with Crippen molar-refractivity contribution in [3.05, 3.63) is 47.8 Å². The number of nitrogens with one attached hydrogen (secondary N) is 2. The minimum absolute atomic E-state index is 0.00534. The smallest absolute Gasteiger partial charge is 0.357 e. The van der Waals surface area contributed by atoms with E-state index in [1.165, 1.54) is 0 Å². The molecule has 0 saturated carbocycles. The van der Waals surface area contributed by atoms with Crippen molar-refractivity contribution in [3.8, 4) is 5.69 Å². The summed E-state index contributed by atoms with van der Waals surface area (Å²) in [5.41, 5.74) is -1.44. The predicted molar refractivity (Wildman–Crippen MR) is 75.0 cm³/mol. The topological polar surface area (TPSA) is 76.0 Å². The normalized spacial score (nSPS) is 11.1. The van der Waals surface area contributed by atoms with Gasteiger partial charge in [-0.05, 0) is 12.1 Å². The molecular weight excluding hydrogens is 313 g/mol. The molecule has 23 heavy (non-hydrogen) atoms. The second kappa shape index (κ2) is 6.95. The van der Waals surface area contributed by atoms with Crippen molar-refractivity contribution in [3.63, 3.8) is 0 Å². The molecule has 0 spiro atoms. The molecule has 2 rings (SSSR count). The lowest BCUT2D eigenvalue weighted by Gasteiger charge is -2.06. The van der Waals surface area contributed by atoms with Gasteiger partial charge in [0.25, 0.3) is 5.91 Å². The van der Waals surface area contributed by atoms with E-state index in [9.17, 15) is 22.8 Å². The summed E-state index contributed by atoms with van der Waals surface area (Å²) in [4.78, 5) is 22.0. The molecule has 0 fully saturated rings. The summed E-state index contributed by atoms with van der Waals surface area (Å²) in [5, 5.41) is 8.07. The zero-order valence-corrected chi connectivity index (χ0v) is 11.8. The first-order valence-corrected chi connectivity index (χ1v) is 6.61. The highest BCUT2D eigenvalue weighted by Crippen LogP contribution is 2.31. The van der Waals surface area contributed by atoms with Gasteiger partial charge in [0.05, 0.1) is 11.3 Å². The summed E-state index contributed by atoms with van der Waals surface area (Å²) in [6.45, 7) is 0.120. The third-order valence-electron chi connectivity index (χ3n) is 2.89. The summed E-state index contributed by atoms with van der Waals surface area (Å²) < 4.78 is 40.2. The van der Waals surface area contributed by atoms with Crippen molar-refractivity contribution < 1.29 is 22.8 Å². The Kier molecular flexibility index (Phi) is 4.99. The standard InChI is InChI=1S/C14H13F3N4O2/c15-14(16,17)12-11(13(23)19-7-6-18-9-22)8-21(20-12)10-4-2-1-3-5-10/h1-5,8-9H,6-7H2,(H,18,22)(H,19,23). The number of rotatable bonds is 6. The second-order valence-electron chi connectivity index (χ2n) is 4.50. The van der Waals surface area contributed by atoms with Crippen LogP contribution in [0.3, 0.4) is 0 Å². The maximum Gasteiger partial charge on any atom is 0.435 e. The number of hydrogen-bond acceptors (Lipinski definition) is 3. The van der Waals surface area contributed by atoms with E-state index in [0.717, 1.165) is 10.9 Å². The third-order valence-corrected chi connectivity index (χ3v) is 2.89. The average Bonchev–Trinajstić information content (AvgIpc) is 2.98. The number of benzene rings is 1. The van der Waals surface area contributed by atoms with Crippen LogP contribution in [0.4, 0.5) is 13.2 Å². The molecular formula is C14H13F3N4O2. The first kappa shape index (κ1) is 16.5. The van der Waals surface area contributed by atoms with Crippen molar-refractivity contribution in [2.24, 2.45) is 0 Å². The van der Waals surface area contributed by atoms with Crippen LogP contribution in [-0.4, -0.2) is 35.2 Å². The Bertz CT molecular complexity index is 683. The maximum absolute atomic E-state index is 13.1. The van der Waals surface area contributed by atoms with Gasteiger partial charge in [-0.2, -0.15) is 18.3 Å². The van der Waals surface area contributed by atoms with Gasteiger partial charge in [0.2, 0.25) is 6.41 Å². The van der Waals surface area contributed by atoms with Gasteiger partial charge in [-0.3, -0.25) is 9.59 Å². The maximum atomic E-state index is 13.1. The van der Waals surface area contributed by atoms with Gasteiger partial charge in [0.1, 0.15) is 0 Å². The zero-order valence-electron chi connectivity index (χ0n) is 11.8. The van der Waals surface area contributed by atoms with E-state index in [2.05, 4.69) is 15.7 Å². The van der Waals surface area contributed by atoms with Gasteiger partial charge < -0.3 is 10.6 Å². The van der Waals surface area contributed by atoms with E-state index in [-0.39, 0.29) is 13.1 Å². The largest absolute Gasteiger partial charge is 0.435 e. The van der Waals surface area contributed by atoms with Crippen molar-refractivity contribution in [1.29, 1.82) is 0 Å². The summed E-state index contributed by atoms with van der Waals surface area (Å²) >= 11 is 0. The van der Waals surface area contributed by atoms with Gasteiger partial charge in [0.15, 0.2) is 5.69 Å². The highest BCUT2D eigenvalue weighted by molar-refractivity contribution is 5.95. The van der Waals surface area contributed by atoms with E-state index in [1.807, 2.05) is 0 Å². The SMILES string of the molecule is O=CNCCNC(=O)c1cn(-c2ccccc2)nc1C(F)(F)F. The number of hydrogen-bond donors (Lipinski definition) is 2. The molecule has 0 radical (unpaired) electrons. The average molecular weight is 326 g/mol. The summed E-state index contributed by atoms with van der Waals surface area (Å²) in [7, 11) is 0. The van der Waals surface area contributed by atoms with Crippen LogP contribution in [0.25, 0.3) is 5.69 Å². The van der Waals surface area contributed by atoms with E-state index in [4.69, 9.17) is 0 Å². The molecule has 6 nitrogen and oxygen atoms in total. The quantitative estimate of drug-likeness (QED) is 0.622. The number of aromatic nitrogens is 2. The lowest BCUT2D eigenvalue weighted by molar-refractivity contribution is -0.141. The van der Waals surface area contributed by atoms with Crippen LogP contribution in [0.5, 0.6) is 0 Å². The third kappa shape index (κ3) is 4.09. The number of alkyl halides is 3. The molecule has 0 saturated heterocycles. The molecule has 0 aliphatic rings. The number of carbonyl (C=O) groups excluding carboxylic acids is 2. The molecule has 2 aromatic rings. The van der Waals surface area contributed by atoms with E-state index < -0.39 is 23.3 Å². The van der Waals surface area contributed by atoms with Crippen LogP contribution in [0.2, 0.25) is 0 Å². The lowest BCUT2D eigenvalue weighted by atomic mass is 10.2. The molecule has 0 bridgehead atoms. The molecule has 0 aliphatic heterocycles. The van der Waals surface area contributed by atoms with Crippen LogP contribution in [0.1, 0.15) is 16.1 Å². The number of carbonyl (C=O) groups is 2. The van der Waals surface area contributed by atoms with Crippen molar-refractivity contribution in [2.75, 3.05) is 13.1 Å². The first-order chi connectivity index (χ1) is 10.9. The molecule has 1 heterocycles. The Morgan fingerprint density at radius 1 is 1.22 bits per heavy atom. The number of amides is 2. The highest BCUT2D eigenvalue weighted by atomic mass is 19.4. The Morgan fingerprint density at radius 3 is 2.52 bits per heavy atom. The molecule has 0 atom stereocenters. The monoisotopic (exact) mass is 326 g/mol. The molecule has 9 heteroatoms. The molecule has 1 aromatic carbocycles. The van der Waals surface area contributed by atoms with E-state index in [0.29, 0.717) is 12.1 Å². The van der Waals surface area contributed by atoms with Crippen LogP contribution in [0.15, 0.2) is 36.5 Å². The van der Waals surface area contributed by atoms with Crippen LogP contribution in [-0.2, 0) is 11.0 Å². The van der Waals surface area contributed by atoms with Crippen LogP contribution >= 0.6 is 0 Å². The Balaban J connectivity index is 2.28. The summed E-state index contributed by atoms with van der Waals surface area (Å²) in [6.07, 6.45) is -3.30. The molecule has 0 unspecified atom stereocenters. The number of para-hydroxylation sites is 1. The number of halogens is 3. The fourth-order valence-electron chi connectivity index (χ4n) is 1.86. The Morgan fingerprint density at radius 2 is 1.91 bits per heavy atom. The zero-order chi connectivity index (χ0) is 16.9. The first-order valence-electron chi connectivity index (χ1n) is 6.61. The van der Waals surface area contributed by atoms with Gasteiger partial charge in [0, 0.05) is 19.3 Å². The summed E-state index contributed by atoms with van der Waals surface area (Å²) in [6, 6.07) is 8.15.